The molecule has 0 amide bonds. The van der Waals surface area contributed by atoms with E-state index >= 15 is 0 Å². The molecular weight excluding hydrogens is 252 g/mol. The molecule has 0 spiro atoms. The monoisotopic (exact) mass is 268 g/mol. The minimum atomic E-state index is -3.23. The van der Waals surface area contributed by atoms with Gasteiger partial charge in [0.25, 0.3) is 0 Å². The van der Waals surface area contributed by atoms with Gasteiger partial charge < -0.3 is 9.47 Å². The quantitative estimate of drug-likeness (QED) is 0.703. The van der Waals surface area contributed by atoms with Crippen LogP contribution in [0, 0.1) is 12.3 Å². The number of hydrogen-bond acceptors (Lipinski definition) is 4. The van der Waals surface area contributed by atoms with E-state index in [0.717, 1.165) is 0 Å². The van der Waals surface area contributed by atoms with E-state index < -0.39 is 9.84 Å². The van der Waals surface area contributed by atoms with Crippen molar-refractivity contribution >= 4 is 9.84 Å². The van der Waals surface area contributed by atoms with Gasteiger partial charge in [0.1, 0.15) is 12.4 Å². The zero-order valence-corrected chi connectivity index (χ0v) is 11.1. The first kappa shape index (κ1) is 14.4. The zero-order valence-electron chi connectivity index (χ0n) is 10.3. The fraction of sp³-hybridized carbons (Fsp3) is 0.385. The number of sulfone groups is 1. The van der Waals surface area contributed by atoms with E-state index in [-0.39, 0.29) is 18.1 Å². The molecule has 4 nitrogen and oxygen atoms in total. The fourth-order valence-electron chi connectivity index (χ4n) is 1.32. The van der Waals surface area contributed by atoms with Crippen molar-refractivity contribution in [2.45, 2.75) is 6.92 Å². The van der Waals surface area contributed by atoms with E-state index in [9.17, 15) is 8.42 Å². The maximum atomic E-state index is 11.4. The third kappa shape index (κ3) is 4.68. The summed E-state index contributed by atoms with van der Waals surface area (Å²) in [6.45, 7) is 2.46. The predicted octanol–water partition coefficient (Wildman–Crippen LogP) is 1.51. The summed E-state index contributed by atoms with van der Waals surface area (Å²) < 4.78 is 33.5. The summed E-state index contributed by atoms with van der Waals surface area (Å²) in [6.07, 6.45) is 4.97. The molecule has 0 fully saturated rings. The molecule has 0 atom stereocenters. The second-order valence-electron chi connectivity index (χ2n) is 3.52. The Kier molecular flexibility index (Phi) is 5.53. The molecule has 18 heavy (non-hydrogen) atoms. The summed E-state index contributed by atoms with van der Waals surface area (Å²) in [5.41, 5.74) is 0. The second kappa shape index (κ2) is 6.92. The molecule has 0 aliphatic heterocycles. The molecule has 0 N–H and O–H groups in total. The number of rotatable bonds is 7. The van der Waals surface area contributed by atoms with Crippen LogP contribution < -0.4 is 9.47 Å². The van der Waals surface area contributed by atoms with Gasteiger partial charge in [-0.05, 0) is 19.1 Å². The Balaban J connectivity index is 2.57. The zero-order chi connectivity index (χ0) is 13.4. The van der Waals surface area contributed by atoms with Crippen LogP contribution in [0.2, 0.25) is 0 Å². The van der Waals surface area contributed by atoms with Crippen LogP contribution in [0.3, 0.4) is 0 Å². The fourth-order valence-corrected chi connectivity index (χ4v) is 2.06. The summed E-state index contributed by atoms with van der Waals surface area (Å²) >= 11 is 0. The van der Waals surface area contributed by atoms with Gasteiger partial charge in [0.2, 0.25) is 0 Å². The van der Waals surface area contributed by atoms with E-state index in [0.29, 0.717) is 18.1 Å². The molecule has 0 radical (unpaired) electrons. The standard InChI is InChI=1S/C13H16O4S/c1-3-10-18(14,15)11-9-17-13-8-6-5-7-12(13)16-4-2/h1,5-8H,4,9-11H2,2H3. The van der Waals surface area contributed by atoms with Crippen LogP contribution in [0.15, 0.2) is 24.3 Å². The van der Waals surface area contributed by atoms with Crippen LogP contribution in [0.25, 0.3) is 0 Å². The van der Waals surface area contributed by atoms with Gasteiger partial charge in [0.15, 0.2) is 21.3 Å². The molecule has 98 valence electrons. The highest BCUT2D eigenvalue weighted by molar-refractivity contribution is 7.91. The molecular formula is C13H16O4S. The van der Waals surface area contributed by atoms with E-state index in [1.807, 2.05) is 13.0 Å². The Morgan fingerprint density at radius 3 is 2.39 bits per heavy atom. The smallest absolute Gasteiger partial charge is 0.164 e. The van der Waals surface area contributed by atoms with Gasteiger partial charge in [-0.15, -0.1) is 6.42 Å². The predicted molar refractivity (Wildman–Crippen MR) is 70.6 cm³/mol. The van der Waals surface area contributed by atoms with Gasteiger partial charge in [-0.2, -0.15) is 0 Å². The van der Waals surface area contributed by atoms with Crippen molar-refractivity contribution in [1.29, 1.82) is 0 Å². The lowest BCUT2D eigenvalue weighted by Gasteiger charge is -2.11. The van der Waals surface area contributed by atoms with Crippen LogP contribution in [0.1, 0.15) is 6.92 Å². The molecule has 5 heteroatoms. The third-order valence-electron chi connectivity index (χ3n) is 2.10. The summed E-state index contributed by atoms with van der Waals surface area (Å²) in [4.78, 5) is 0. The lowest BCUT2D eigenvalue weighted by molar-refractivity contribution is 0.288. The highest BCUT2D eigenvalue weighted by atomic mass is 32.2. The summed E-state index contributed by atoms with van der Waals surface area (Å²) in [5.74, 6) is 2.90. The molecule has 0 heterocycles. The normalized spacial score (nSPS) is 10.7. The van der Waals surface area contributed by atoms with Crippen molar-refractivity contribution in [2.75, 3.05) is 24.7 Å². The van der Waals surface area contributed by atoms with Gasteiger partial charge in [0, 0.05) is 0 Å². The van der Waals surface area contributed by atoms with E-state index in [1.165, 1.54) is 0 Å². The Morgan fingerprint density at radius 1 is 1.22 bits per heavy atom. The van der Waals surface area contributed by atoms with Crippen LogP contribution in [-0.4, -0.2) is 33.1 Å². The maximum Gasteiger partial charge on any atom is 0.164 e. The highest BCUT2D eigenvalue weighted by Gasteiger charge is 2.10. The van der Waals surface area contributed by atoms with Crippen molar-refractivity contribution in [1.82, 2.24) is 0 Å². The molecule has 1 aromatic rings. The number of para-hydroxylation sites is 2. The minimum absolute atomic E-state index is 0.0636. The largest absolute Gasteiger partial charge is 0.490 e. The Morgan fingerprint density at radius 2 is 1.83 bits per heavy atom. The number of benzene rings is 1. The van der Waals surface area contributed by atoms with Crippen LogP contribution in [0.5, 0.6) is 11.5 Å². The summed E-state index contributed by atoms with van der Waals surface area (Å²) in [6, 6.07) is 7.13. The molecule has 0 saturated heterocycles. The Hall–Kier alpha value is -1.67. The second-order valence-corrected chi connectivity index (χ2v) is 5.71. The van der Waals surface area contributed by atoms with Gasteiger partial charge in [-0.1, -0.05) is 18.1 Å². The summed E-state index contributed by atoms with van der Waals surface area (Å²) in [7, 11) is -3.23. The molecule has 0 unspecified atom stereocenters. The maximum absolute atomic E-state index is 11.4. The van der Waals surface area contributed by atoms with Crippen LogP contribution in [-0.2, 0) is 9.84 Å². The first-order chi connectivity index (χ1) is 8.59. The molecule has 0 aromatic heterocycles. The Labute approximate surface area is 108 Å². The number of hydrogen-bond donors (Lipinski definition) is 0. The van der Waals surface area contributed by atoms with Gasteiger partial charge in [0.05, 0.1) is 12.4 Å². The first-order valence-electron chi connectivity index (χ1n) is 5.57. The molecule has 0 aliphatic carbocycles. The van der Waals surface area contributed by atoms with Crippen molar-refractivity contribution < 1.29 is 17.9 Å². The van der Waals surface area contributed by atoms with Gasteiger partial charge in [-0.25, -0.2) is 8.42 Å². The molecule has 0 saturated carbocycles. The number of ether oxygens (including phenoxy) is 2. The average molecular weight is 268 g/mol. The Bertz CT molecular complexity index is 514. The van der Waals surface area contributed by atoms with Gasteiger partial charge >= 0.3 is 0 Å². The van der Waals surface area contributed by atoms with Crippen molar-refractivity contribution in [3.63, 3.8) is 0 Å². The lowest BCUT2D eigenvalue weighted by atomic mass is 10.3. The van der Waals surface area contributed by atoms with Crippen molar-refractivity contribution in [3.05, 3.63) is 24.3 Å². The van der Waals surface area contributed by atoms with E-state index in [1.54, 1.807) is 18.2 Å². The minimum Gasteiger partial charge on any atom is -0.490 e. The third-order valence-corrected chi connectivity index (χ3v) is 3.50. The van der Waals surface area contributed by atoms with Gasteiger partial charge in [-0.3, -0.25) is 0 Å². The highest BCUT2D eigenvalue weighted by Crippen LogP contribution is 2.26. The molecule has 0 aliphatic rings. The van der Waals surface area contributed by atoms with E-state index in [2.05, 4.69) is 5.92 Å². The summed E-state index contributed by atoms with van der Waals surface area (Å²) in [5, 5.41) is 0. The molecule has 1 aromatic carbocycles. The first-order valence-corrected chi connectivity index (χ1v) is 7.39. The number of terminal acetylenes is 1. The topological polar surface area (TPSA) is 52.6 Å². The molecule has 0 bridgehead atoms. The van der Waals surface area contributed by atoms with Crippen LogP contribution >= 0.6 is 0 Å². The van der Waals surface area contributed by atoms with E-state index in [4.69, 9.17) is 15.9 Å². The van der Waals surface area contributed by atoms with Crippen molar-refractivity contribution in [3.8, 4) is 23.8 Å². The SMILES string of the molecule is C#CCS(=O)(=O)CCOc1ccccc1OCC. The molecule has 1 rings (SSSR count). The average Bonchev–Trinajstić information content (AvgIpc) is 2.31. The van der Waals surface area contributed by atoms with Crippen LogP contribution in [0.4, 0.5) is 0 Å². The van der Waals surface area contributed by atoms with Crippen molar-refractivity contribution in [2.24, 2.45) is 0 Å². The lowest BCUT2D eigenvalue weighted by Crippen LogP contribution is -2.16.